The first-order valence-electron chi connectivity index (χ1n) is 10.0. The number of rotatable bonds is 2. The summed E-state index contributed by atoms with van der Waals surface area (Å²) < 4.78 is 17.7. The van der Waals surface area contributed by atoms with Gasteiger partial charge in [-0.25, -0.2) is 4.79 Å². The number of nitrogens with zero attached hydrogens (tertiary/aromatic N) is 3. The molecule has 28 heavy (non-hydrogen) atoms. The molecular formula is C20H32BN3O4. The van der Waals surface area contributed by atoms with Gasteiger partial charge in [0.2, 0.25) is 0 Å². The molecule has 3 rings (SSSR count). The molecule has 2 aliphatic heterocycles. The SMILES string of the molecule is CC(C)(C)OC(=O)N1CCC(c2cncc(B3OC(C)(C)C(C)(C)O3)n2)CC1. The van der Waals surface area contributed by atoms with Crippen molar-refractivity contribution in [1.29, 1.82) is 0 Å². The highest BCUT2D eigenvalue weighted by Gasteiger charge is 2.52. The smallest absolute Gasteiger partial charge is 0.444 e. The van der Waals surface area contributed by atoms with Gasteiger partial charge < -0.3 is 18.9 Å². The lowest BCUT2D eigenvalue weighted by Gasteiger charge is -2.33. The lowest BCUT2D eigenvalue weighted by Crippen LogP contribution is -2.42. The van der Waals surface area contributed by atoms with Crippen LogP contribution >= 0.6 is 0 Å². The minimum absolute atomic E-state index is 0.247. The highest BCUT2D eigenvalue weighted by Crippen LogP contribution is 2.36. The molecule has 0 aromatic carbocycles. The molecule has 2 saturated heterocycles. The van der Waals surface area contributed by atoms with Gasteiger partial charge in [-0.2, -0.15) is 0 Å². The fourth-order valence-corrected chi connectivity index (χ4v) is 3.36. The van der Waals surface area contributed by atoms with Crippen molar-refractivity contribution in [3.63, 3.8) is 0 Å². The largest absolute Gasteiger partial charge is 0.516 e. The second kappa shape index (κ2) is 7.30. The number of aromatic nitrogens is 2. The van der Waals surface area contributed by atoms with Gasteiger partial charge in [-0.15, -0.1) is 0 Å². The van der Waals surface area contributed by atoms with E-state index >= 15 is 0 Å². The van der Waals surface area contributed by atoms with Gasteiger partial charge >= 0.3 is 13.2 Å². The van der Waals surface area contributed by atoms with Crippen LogP contribution in [-0.4, -0.2) is 58.0 Å². The second-order valence-corrected chi connectivity index (χ2v) is 9.70. The first-order chi connectivity index (χ1) is 12.9. The molecule has 8 heteroatoms. The summed E-state index contributed by atoms with van der Waals surface area (Å²) in [5, 5.41) is 0. The Bertz CT molecular complexity index is 708. The van der Waals surface area contributed by atoms with Crippen molar-refractivity contribution in [2.24, 2.45) is 0 Å². The number of hydrogen-bond acceptors (Lipinski definition) is 6. The summed E-state index contributed by atoms with van der Waals surface area (Å²) in [6.45, 7) is 15.1. The van der Waals surface area contributed by atoms with E-state index in [0.29, 0.717) is 18.7 Å². The summed E-state index contributed by atoms with van der Waals surface area (Å²) in [5.74, 6) is 0.258. The minimum Gasteiger partial charge on any atom is -0.444 e. The molecule has 0 unspecified atom stereocenters. The minimum atomic E-state index is -0.515. The van der Waals surface area contributed by atoms with Crippen molar-refractivity contribution < 1.29 is 18.8 Å². The molecule has 7 nitrogen and oxygen atoms in total. The number of ether oxygens (including phenoxy) is 1. The van der Waals surface area contributed by atoms with Crippen molar-refractivity contribution in [2.75, 3.05) is 13.1 Å². The van der Waals surface area contributed by atoms with E-state index < -0.39 is 23.9 Å². The lowest BCUT2D eigenvalue weighted by molar-refractivity contribution is 0.00578. The molecule has 1 aromatic rings. The van der Waals surface area contributed by atoms with Crippen LogP contribution < -0.4 is 5.59 Å². The Hall–Kier alpha value is -1.67. The number of piperidine rings is 1. The molecule has 2 aliphatic rings. The molecule has 0 spiro atoms. The average Bonchev–Trinajstić information content (AvgIpc) is 2.81. The van der Waals surface area contributed by atoms with Gasteiger partial charge in [0.25, 0.3) is 0 Å². The van der Waals surface area contributed by atoms with Crippen molar-refractivity contribution in [3.8, 4) is 0 Å². The molecule has 0 N–H and O–H groups in total. The maximum Gasteiger partial charge on any atom is 0.516 e. The van der Waals surface area contributed by atoms with Gasteiger partial charge in [-0.1, -0.05) is 0 Å². The summed E-state index contributed by atoms with van der Waals surface area (Å²) in [5.41, 5.74) is 0.334. The number of amides is 1. The summed E-state index contributed by atoms with van der Waals surface area (Å²) in [4.78, 5) is 23.2. The van der Waals surface area contributed by atoms with Crippen LogP contribution in [0.15, 0.2) is 12.4 Å². The monoisotopic (exact) mass is 389 g/mol. The summed E-state index contributed by atoms with van der Waals surface area (Å²) in [6.07, 6.45) is 4.94. The normalized spacial score (nSPS) is 22.4. The van der Waals surface area contributed by atoms with Crippen LogP contribution in [0.3, 0.4) is 0 Å². The predicted octanol–water partition coefficient (Wildman–Crippen LogP) is 2.89. The van der Waals surface area contributed by atoms with Crippen LogP contribution in [0.1, 0.15) is 72.9 Å². The van der Waals surface area contributed by atoms with Crippen LogP contribution in [-0.2, 0) is 14.0 Å². The number of carbonyl (C=O) groups excluding carboxylic acids is 1. The predicted molar refractivity (Wildman–Crippen MR) is 108 cm³/mol. The van der Waals surface area contributed by atoms with E-state index in [0.717, 1.165) is 18.5 Å². The molecule has 3 heterocycles. The Labute approximate surface area is 168 Å². The standard InChI is InChI=1S/C20H32BN3O4/c1-18(2,3)26-17(25)24-10-8-14(9-11-24)15-12-22-13-16(23-15)21-27-19(4,5)20(6,7)28-21/h12-14H,8-11H2,1-7H3. The molecule has 154 valence electrons. The Morgan fingerprint density at radius 2 is 1.71 bits per heavy atom. The molecular weight excluding hydrogens is 357 g/mol. The van der Waals surface area contributed by atoms with Gasteiger partial charge in [-0.3, -0.25) is 9.97 Å². The Balaban J connectivity index is 1.64. The first-order valence-corrected chi connectivity index (χ1v) is 10.0. The molecule has 2 fully saturated rings. The van der Waals surface area contributed by atoms with Gasteiger partial charge in [0, 0.05) is 31.4 Å². The highest BCUT2D eigenvalue weighted by molar-refractivity contribution is 6.61. The fraction of sp³-hybridized carbons (Fsp3) is 0.750. The zero-order valence-electron chi connectivity index (χ0n) is 18.1. The number of hydrogen-bond donors (Lipinski definition) is 0. The summed E-state index contributed by atoms with van der Waals surface area (Å²) in [7, 11) is -0.515. The van der Waals surface area contributed by atoms with Crippen molar-refractivity contribution >= 4 is 18.8 Å². The third kappa shape index (κ3) is 4.49. The average molecular weight is 389 g/mol. The lowest BCUT2D eigenvalue weighted by atomic mass is 9.84. The number of likely N-dealkylation sites (tertiary alicyclic amines) is 1. The van der Waals surface area contributed by atoms with Gasteiger partial charge in [0.15, 0.2) is 0 Å². The quantitative estimate of drug-likeness (QED) is 0.725. The van der Waals surface area contributed by atoms with Gasteiger partial charge in [0.1, 0.15) is 5.60 Å². The first kappa shape index (κ1) is 21.1. The molecule has 0 aliphatic carbocycles. The summed E-state index contributed by atoms with van der Waals surface area (Å²) >= 11 is 0. The van der Waals surface area contributed by atoms with E-state index in [1.165, 1.54) is 0 Å². The topological polar surface area (TPSA) is 73.8 Å². The van der Waals surface area contributed by atoms with E-state index in [1.807, 2.05) is 54.7 Å². The molecule has 0 radical (unpaired) electrons. The highest BCUT2D eigenvalue weighted by atomic mass is 16.7. The van der Waals surface area contributed by atoms with Crippen molar-refractivity contribution in [1.82, 2.24) is 14.9 Å². The van der Waals surface area contributed by atoms with Gasteiger partial charge in [0.05, 0.1) is 22.5 Å². The molecule has 0 bridgehead atoms. The fourth-order valence-electron chi connectivity index (χ4n) is 3.36. The molecule has 1 aromatic heterocycles. The zero-order chi connectivity index (χ0) is 20.7. The van der Waals surface area contributed by atoms with E-state index in [9.17, 15) is 4.79 Å². The van der Waals surface area contributed by atoms with Crippen molar-refractivity contribution in [2.45, 2.75) is 84.0 Å². The Kier molecular flexibility index (Phi) is 5.49. The van der Waals surface area contributed by atoms with E-state index in [4.69, 9.17) is 19.0 Å². The van der Waals surface area contributed by atoms with Crippen LogP contribution in [0.5, 0.6) is 0 Å². The molecule has 0 atom stereocenters. The van der Waals surface area contributed by atoms with Crippen LogP contribution in [0, 0.1) is 0 Å². The summed E-state index contributed by atoms with van der Waals surface area (Å²) in [6, 6.07) is 0. The Morgan fingerprint density at radius 1 is 1.14 bits per heavy atom. The molecule has 1 amide bonds. The third-order valence-electron chi connectivity index (χ3n) is 5.73. The second-order valence-electron chi connectivity index (χ2n) is 9.70. The van der Waals surface area contributed by atoms with E-state index in [2.05, 4.69) is 4.98 Å². The number of carbonyl (C=O) groups is 1. The van der Waals surface area contributed by atoms with Crippen LogP contribution in [0.2, 0.25) is 0 Å². The zero-order valence-corrected chi connectivity index (χ0v) is 18.1. The van der Waals surface area contributed by atoms with Crippen LogP contribution in [0.4, 0.5) is 4.79 Å². The van der Waals surface area contributed by atoms with E-state index in [-0.39, 0.29) is 12.0 Å². The Morgan fingerprint density at radius 3 is 2.25 bits per heavy atom. The third-order valence-corrected chi connectivity index (χ3v) is 5.73. The van der Waals surface area contributed by atoms with Crippen molar-refractivity contribution in [3.05, 3.63) is 18.1 Å². The van der Waals surface area contributed by atoms with Gasteiger partial charge in [-0.05, 0) is 61.3 Å². The maximum absolute atomic E-state index is 12.2. The molecule has 0 saturated carbocycles. The maximum atomic E-state index is 12.2. The van der Waals surface area contributed by atoms with E-state index in [1.54, 1.807) is 11.1 Å². The van der Waals surface area contributed by atoms with Crippen LogP contribution in [0.25, 0.3) is 0 Å².